The number of aliphatic hydroxyl groups excluding tert-OH is 1. The maximum absolute atomic E-state index is 13.0. The Morgan fingerprint density at radius 2 is 1.41 bits per heavy atom. The molecule has 4 atom stereocenters. The molecule has 13 heteroatoms. The molecule has 1 heterocycles. The van der Waals surface area contributed by atoms with Crippen molar-refractivity contribution in [3.05, 3.63) is 71.9 Å². The molecule has 4 amide bonds. The van der Waals surface area contributed by atoms with Gasteiger partial charge in [-0.25, -0.2) is 4.79 Å². The molecule has 0 aliphatic heterocycles. The molecule has 0 bridgehead atoms. The van der Waals surface area contributed by atoms with E-state index in [0.717, 1.165) is 16.5 Å². The van der Waals surface area contributed by atoms with Gasteiger partial charge >= 0.3 is 5.97 Å². The van der Waals surface area contributed by atoms with Crippen molar-refractivity contribution in [2.24, 2.45) is 11.5 Å². The SMILES string of the molecule is NC(=O)CCC(NC(=O)C(N)Cc1ccccc1)C(=O)NC(CO)C(=O)NC(Cc1c[nH]c2ccccc12)C(=O)O. The standard InChI is InChI=1S/C28H34N6O7/c29-19(12-16-6-2-1-3-7-16)25(37)32-21(10-11-24(30)36)26(38)34-23(15-35)27(39)33-22(28(40)41)13-17-14-31-20-9-5-4-8-18(17)20/h1-9,14,19,21-23,31,35H,10-13,15,29H2,(H2,30,36)(H,32,37)(H,33,39)(H,34,38)(H,40,41). The molecular weight excluding hydrogens is 532 g/mol. The number of aromatic nitrogens is 1. The summed E-state index contributed by atoms with van der Waals surface area (Å²) < 4.78 is 0. The highest BCUT2D eigenvalue weighted by molar-refractivity contribution is 5.94. The first-order valence-corrected chi connectivity index (χ1v) is 13.0. The zero-order chi connectivity index (χ0) is 29.9. The zero-order valence-corrected chi connectivity index (χ0v) is 22.2. The third kappa shape index (κ3) is 8.88. The lowest BCUT2D eigenvalue weighted by Gasteiger charge is -2.24. The van der Waals surface area contributed by atoms with E-state index in [0.29, 0.717) is 5.56 Å². The van der Waals surface area contributed by atoms with E-state index in [9.17, 15) is 34.2 Å². The Morgan fingerprint density at radius 3 is 2.07 bits per heavy atom. The Kier molecular flexibility index (Phi) is 11.0. The number of para-hydroxylation sites is 1. The molecule has 3 rings (SSSR count). The first-order chi connectivity index (χ1) is 19.6. The third-order valence-electron chi connectivity index (χ3n) is 6.48. The van der Waals surface area contributed by atoms with E-state index in [4.69, 9.17) is 11.5 Å². The van der Waals surface area contributed by atoms with E-state index in [2.05, 4.69) is 20.9 Å². The second kappa shape index (κ2) is 14.6. The van der Waals surface area contributed by atoms with Crippen LogP contribution in [0.25, 0.3) is 10.9 Å². The van der Waals surface area contributed by atoms with Gasteiger partial charge < -0.3 is 42.6 Å². The molecule has 0 saturated carbocycles. The lowest BCUT2D eigenvalue weighted by atomic mass is 10.0. The van der Waals surface area contributed by atoms with Crippen molar-refractivity contribution >= 4 is 40.5 Å². The maximum Gasteiger partial charge on any atom is 0.326 e. The van der Waals surface area contributed by atoms with Crippen LogP contribution in [0.5, 0.6) is 0 Å². The molecule has 10 N–H and O–H groups in total. The number of primary amides is 1. The summed E-state index contributed by atoms with van der Waals surface area (Å²) in [6.07, 6.45) is 1.32. The number of hydrogen-bond acceptors (Lipinski definition) is 7. The molecule has 0 fully saturated rings. The summed E-state index contributed by atoms with van der Waals surface area (Å²) in [6.45, 7) is -0.860. The van der Waals surface area contributed by atoms with Crippen LogP contribution in [0.3, 0.4) is 0 Å². The van der Waals surface area contributed by atoms with Gasteiger partial charge in [0.2, 0.25) is 23.6 Å². The number of nitrogens with two attached hydrogens (primary N) is 2. The number of rotatable bonds is 15. The quantitative estimate of drug-likeness (QED) is 0.114. The van der Waals surface area contributed by atoms with Gasteiger partial charge in [-0.2, -0.15) is 0 Å². The van der Waals surface area contributed by atoms with Crippen molar-refractivity contribution in [1.29, 1.82) is 0 Å². The summed E-state index contributed by atoms with van der Waals surface area (Å²) in [6, 6.07) is 11.0. The minimum Gasteiger partial charge on any atom is -0.480 e. The van der Waals surface area contributed by atoms with Crippen molar-refractivity contribution < 1.29 is 34.2 Å². The molecule has 4 unspecified atom stereocenters. The summed E-state index contributed by atoms with van der Waals surface area (Å²) in [5, 5.41) is 27.5. The molecule has 13 nitrogen and oxygen atoms in total. The summed E-state index contributed by atoms with van der Waals surface area (Å²) in [7, 11) is 0. The van der Waals surface area contributed by atoms with Crippen LogP contribution in [0, 0.1) is 0 Å². The molecule has 0 aliphatic carbocycles. The molecule has 0 spiro atoms. The van der Waals surface area contributed by atoms with E-state index in [1.165, 1.54) is 0 Å². The molecule has 0 aliphatic rings. The smallest absolute Gasteiger partial charge is 0.326 e. The van der Waals surface area contributed by atoms with Crippen LogP contribution in [0.4, 0.5) is 0 Å². The molecular formula is C28H34N6O7. The largest absolute Gasteiger partial charge is 0.480 e. The number of aliphatic hydroxyl groups is 1. The molecule has 0 radical (unpaired) electrons. The number of carboxylic acids is 1. The molecule has 1 aromatic heterocycles. The van der Waals surface area contributed by atoms with Crippen molar-refractivity contribution in [2.75, 3.05) is 6.61 Å². The Bertz CT molecular complexity index is 1380. The van der Waals surface area contributed by atoms with Crippen molar-refractivity contribution in [2.45, 2.75) is 49.9 Å². The summed E-state index contributed by atoms with van der Waals surface area (Å²) in [4.78, 5) is 65.0. The topological polar surface area (TPSA) is 230 Å². The summed E-state index contributed by atoms with van der Waals surface area (Å²) in [5.74, 6) is -4.54. The van der Waals surface area contributed by atoms with Crippen molar-refractivity contribution in [3.8, 4) is 0 Å². The number of carbonyl (C=O) groups is 5. The number of carboxylic acid groups (broad SMARTS) is 1. The van der Waals surface area contributed by atoms with E-state index in [1.807, 2.05) is 24.3 Å². The highest BCUT2D eigenvalue weighted by Crippen LogP contribution is 2.19. The lowest BCUT2D eigenvalue weighted by Crippen LogP contribution is -2.58. The predicted octanol–water partition coefficient (Wildman–Crippen LogP) is -0.923. The Labute approximate surface area is 235 Å². The summed E-state index contributed by atoms with van der Waals surface area (Å²) >= 11 is 0. The van der Waals surface area contributed by atoms with Gasteiger partial charge in [-0.1, -0.05) is 48.5 Å². The predicted molar refractivity (Wildman–Crippen MR) is 149 cm³/mol. The number of benzene rings is 2. The van der Waals surface area contributed by atoms with Crippen LogP contribution in [0.2, 0.25) is 0 Å². The van der Waals surface area contributed by atoms with Crippen LogP contribution in [-0.4, -0.2) is 75.6 Å². The summed E-state index contributed by atoms with van der Waals surface area (Å²) in [5.41, 5.74) is 13.5. The van der Waals surface area contributed by atoms with Gasteiger partial charge in [-0.15, -0.1) is 0 Å². The first-order valence-electron chi connectivity index (χ1n) is 13.0. The monoisotopic (exact) mass is 566 g/mol. The Hall–Kier alpha value is -4.75. The van der Waals surface area contributed by atoms with Crippen LogP contribution < -0.4 is 27.4 Å². The van der Waals surface area contributed by atoms with Crippen molar-refractivity contribution in [1.82, 2.24) is 20.9 Å². The Balaban J connectivity index is 1.66. The fraction of sp³-hybridized carbons (Fsp3) is 0.321. The average molecular weight is 567 g/mol. The van der Waals surface area contributed by atoms with Gasteiger partial charge in [0.05, 0.1) is 12.6 Å². The van der Waals surface area contributed by atoms with Crippen LogP contribution in [0.1, 0.15) is 24.0 Å². The van der Waals surface area contributed by atoms with Gasteiger partial charge in [0.1, 0.15) is 18.1 Å². The highest BCUT2D eigenvalue weighted by Gasteiger charge is 2.30. The minimum absolute atomic E-state index is 0.0617. The molecule has 2 aromatic carbocycles. The van der Waals surface area contributed by atoms with E-state index < -0.39 is 60.4 Å². The molecule has 0 saturated heterocycles. The molecule has 218 valence electrons. The number of aromatic amines is 1. The third-order valence-corrected chi connectivity index (χ3v) is 6.48. The highest BCUT2D eigenvalue weighted by atomic mass is 16.4. The van der Waals surface area contributed by atoms with Gasteiger partial charge in [-0.05, 0) is 30.0 Å². The normalized spacial score (nSPS) is 13.9. The van der Waals surface area contributed by atoms with E-state index in [-0.39, 0.29) is 25.7 Å². The molecule has 3 aromatic rings. The first kappa shape index (κ1) is 30.8. The number of carbonyl (C=O) groups excluding carboxylic acids is 4. The van der Waals surface area contributed by atoms with Crippen molar-refractivity contribution in [3.63, 3.8) is 0 Å². The van der Waals surface area contributed by atoms with Crippen LogP contribution in [-0.2, 0) is 36.8 Å². The average Bonchev–Trinajstić information content (AvgIpc) is 3.36. The number of hydrogen-bond donors (Lipinski definition) is 8. The second-order valence-electron chi connectivity index (χ2n) is 9.57. The zero-order valence-electron chi connectivity index (χ0n) is 22.2. The van der Waals surface area contributed by atoms with E-state index >= 15 is 0 Å². The lowest BCUT2D eigenvalue weighted by molar-refractivity contribution is -0.142. The number of amides is 4. The van der Waals surface area contributed by atoms with Gasteiger partial charge in [-0.3, -0.25) is 19.2 Å². The van der Waals surface area contributed by atoms with Crippen LogP contribution in [0.15, 0.2) is 60.8 Å². The Morgan fingerprint density at radius 1 is 0.805 bits per heavy atom. The van der Waals surface area contributed by atoms with Gasteiger partial charge in [0.15, 0.2) is 0 Å². The number of aliphatic carboxylic acids is 1. The van der Waals surface area contributed by atoms with Crippen LogP contribution >= 0.6 is 0 Å². The second-order valence-corrected chi connectivity index (χ2v) is 9.57. The maximum atomic E-state index is 13.0. The molecule has 41 heavy (non-hydrogen) atoms. The van der Waals surface area contributed by atoms with Gasteiger partial charge in [0.25, 0.3) is 0 Å². The number of fused-ring (bicyclic) bond motifs is 1. The number of nitrogens with one attached hydrogen (secondary N) is 4. The fourth-order valence-electron chi connectivity index (χ4n) is 4.25. The van der Waals surface area contributed by atoms with Gasteiger partial charge in [0, 0.05) is 29.9 Å². The number of H-pyrrole nitrogens is 1. The fourth-order valence-corrected chi connectivity index (χ4v) is 4.25. The van der Waals surface area contributed by atoms with E-state index in [1.54, 1.807) is 36.5 Å². The minimum atomic E-state index is -1.54.